The molecule has 0 unspecified atom stereocenters. The average Bonchev–Trinajstić information content (AvgIpc) is 4.05. The van der Waals surface area contributed by atoms with Crippen LogP contribution in [0.5, 0.6) is 0 Å². The van der Waals surface area contributed by atoms with Gasteiger partial charge in [-0.25, -0.2) is 24.0 Å². The second-order valence-electron chi connectivity index (χ2n) is 20.3. The molecule has 4 N–H and O–H groups in total. The second-order valence-corrected chi connectivity index (χ2v) is 22.8. The molecular weight excluding hydrogens is 1040 g/mol. The molecule has 4 amide bonds. The van der Waals surface area contributed by atoms with Crippen molar-refractivity contribution in [3.05, 3.63) is 47.0 Å². The van der Waals surface area contributed by atoms with Gasteiger partial charge in [-0.2, -0.15) is 5.26 Å². The number of likely N-dealkylation sites (tertiary alicyclic amines) is 3. The molecule has 1 aromatic rings. The molecule has 0 spiro atoms. The first kappa shape index (κ1) is 68.6. The third kappa shape index (κ3) is 31.2. The number of allylic oxidation sites excluding steroid dienone is 1. The predicted octanol–water partition coefficient (Wildman–Crippen LogP) is 8.58. The van der Waals surface area contributed by atoms with Gasteiger partial charge in [-0.05, 0) is 120 Å². The van der Waals surface area contributed by atoms with Crippen LogP contribution in [0.3, 0.4) is 0 Å². The van der Waals surface area contributed by atoms with Crippen molar-refractivity contribution >= 4 is 89.3 Å². The third-order valence-corrected chi connectivity index (χ3v) is 10.5. The van der Waals surface area contributed by atoms with Crippen LogP contribution >= 0.6 is 46.4 Å². The molecule has 0 radical (unpaired) electrons. The highest BCUT2D eigenvalue weighted by Crippen LogP contribution is 2.28. The normalized spacial score (nSPS) is 18.0. The molecule has 4 atom stereocenters. The van der Waals surface area contributed by atoms with E-state index in [4.69, 9.17) is 70.5 Å². The van der Waals surface area contributed by atoms with Crippen LogP contribution in [0, 0.1) is 41.4 Å². The largest absolute Gasteiger partial charge is 0.511 e. The molecule has 0 bridgehead atoms. The smallest absolute Gasteiger partial charge is 0.453 e. The van der Waals surface area contributed by atoms with Gasteiger partial charge in [-0.1, -0.05) is 64.1 Å². The lowest BCUT2D eigenvalue weighted by molar-refractivity contribution is -0.125. The summed E-state index contributed by atoms with van der Waals surface area (Å²) in [5, 5.41) is 40.0. The fourth-order valence-electron chi connectivity index (χ4n) is 6.75. The van der Waals surface area contributed by atoms with E-state index < -0.39 is 45.9 Å². The Labute approximate surface area is 450 Å². The highest BCUT2D eigenvalue weighted by Gasteiger charge is 2.33. The number of nitriles is 1. The number of halogens is 4. The zero-order valence-electron chi connectivity index (χ0n) is 43.0. The van der Waals surface area contributed by atoms with E-state index in [1.807, 2.05) is 99.6 Å². The first-order valence-electron chi connectivity index (χ1n) is 23.1. The van der Waals surface area contributed by atoms with Gasteiger partial charge in [0.25, 0.3) is 5.91 Å². The molecule has 1 aromatic carbocycles. The van der Waals surface area contributed by atoms with Gasteiger partial charge >= 0.3 is 41.0 Å². The van der Waals surface area contributed by atoms with Crippen LogP contribution in [0.4, 0.5) is 24.0 Å². The molecule has 3 aliphatic rings. The minimum Gasteiger partial charge on any atom is -0.453 e. The number of carbonyl (C=O) groups excluding carboxylic acids is 6. The molecule has 3 saturated heterocycles. The van der Waals surface area contributed by atoms with E-state index in [1.54, 1.807) is 20.8 Å². The van der Waals surface area contributed by atoms with E-state index in [-0.39, 0.29) is 80.5 Å². The molecule has 73 heavy (non-hydrogen) atoms. The summed E-state index contributed by atoms with van der Waals surface area (Å²) in [7, 11) is -0.624. The summed E-state index contributed by atoms with van der Waals surface area (Å²) in [6.07, 6.45) is 1.87. The maximum Gasteiger partial charge on any atom is 0.511 e. The summed E-state index contributed by atoms with van der Waals surface area (Å²) in [5.74, 6) is -0.898. The number of methoxy groups -OCH3 is 1. The fourth-order valence-corrected chi connectivity index (χ4v) is 7.00. The summed E-state index contributed by atoms with van der Waals surface area (Å²) in [6.45, 7) is 22.6. The van der Waals surface area contributed by atoms with Crippen molar-refractivity contribution in [2.24, 2.45) is 23.2 Å². The zero-order valence-corrected chi connectivity index (χ0v) is 46.0. The lowest BCUT2D eigenvalue weighted by atomic mass is 9.76. The molecule has 414 valence electrons. The zero-order chi connectivity index (χ0) is 55.2. The topological polar surface area (TPSA) is 264 Å². The van der Waals surface area contributed by atoms with E-state index >= 15 is 0 Å². The van der Waals surface area contributed by atoms with E-state index in [2.05, 4.69) is 14.8 Å². The van der Waals surface area contributed by atoms with Gasteiger partial charge in [-0.15, -0.1) is 0 Å². The van der Waals surface area contributed by atoms with Gasteiger partial charge in [-0.3, -0.25) is 4.79 Å². The Morgan fingerprint density at radius 2 is 1.23 bits per heavy atom. The van der Waals surface area contributed by atoms with Gasteiger partial charge < -0.3 is 63.6 Å². The highest BCUT2D eigenvalue weighted by atomic mass is 35.6. The van der Waals surface area contributed by atoms with E-state index in [9.17, 15) is 44.1 Å². The van der Waals surface area contributed by atoms with Crippen LogP contribution in [0.25, 0.3) is 0 Å². The van der Waals surface area contributed by atoms with Gasteiger partial charge in [0, 0.05) is 75.2 Å². The number of ether oxygens (including phenoxy) is 6. The molecule has 0 aromatic heterocycles. The van der Waals surface area contributed by atoms with Crippen LogP contribution in [0.15, 0.2) is 35.9 Å². The number of nitrogens with zero attached hydrogens (tertiary/aromatic N) is 4. The summed E-state index contributed by atoms with van der Waals surface area (Å²) in [4.78, 5) is 73.5. The third-order valence-electron chi connectivity index (χ3n) is 10.1. The van der Waals surface area contributed by atoms with Crippen LogP contribution in [-0.4, -0.2) is 160 Å². The van der Waals surface area contributed by atoms with Crippen LogP contribution in [0.1, 0.15) is 100 Å². The number of benzene rings is 1. The van der Waals surface area contributed by atoms with Gasteiger partial charge in [0.05, 0.1) is 26.3 Å². The minimum absolute atomic E-state index is 0. The molecule has 0 aliphatic carbocycles. The first-order chi connectivity index (χ1) is 33.1. The number of alkyl carbamates (subject to hydrolysis) is 1. The molecule has 3 heterocycles. The monoisotopic (exact) mass is 1110 g/mol. The number of hydrogen-bond donors (Lipinski definition) is 4. The first-order valence-corrected chi connectivity index (χ1v) is 24.6. The number of carbonyl (C=O) groups is 6. The van der Waals surface area contributed by atoms with Crippen molar-refractivity contribution in [2.45, 2.75) is 123 Å². The maximum atomic E-state index is 12.6. The Bertz CT molecular complexity index is 1980. The van der Waals surface area contributed by atoms with Crippen molar-refractivity contribution in [2.75, 3.05) is 66.2 Å². The number of rotatable bonds is 10. The summed E-state index contributed by atoms with van der Waals surface area (Å²) in [5.41, 5.74) is 0.0469. The fraction of sp³-hybridized carbons (Fsp3) is 0.688. The van der Waals surface area contributed by atoms with E-state index in [0.29, 0.717) is 45.7 Å². The highest BCUT2D eigenvalue weighted by molar-refractivity contribution is 6.66. The van der Waals surface area contributed by atoms with Gasteiger partial charge in [0.1, 0.15) is 22.8 Å². The lowest BCUT2D eigenvalue weighted by Crippen LogP contribution is -2.48. The number of amides is 4. The standard InChI is InChI=1S/C23H32BN3O5.C11H18ClNO4.C10H19NO3.C3H3Cl3O3.CH4/c1-16-5-7-17(8-6-16)11-20(24(30)31)26-22(29)32-15-18-9-10-27(14-18)21(28)19(13-25)12-23(2,3)4;1-11(2,3)17-10(15)13-5-4-8(6-13)7-16-9(12)14;1-10(2,3)14-9(13)11-5-4-8(6-11)7-12;1-8-2(7)9-3(4,5)6;/h5-8,12,18,20,30-31H,9-11,14-15H2,1-4H3,(H,26,29);8H,4-7H2,1-3H3;8,12H,4-7H2,1-3H3;1H3;1H4/t18-,20-;2*8-;;/m000../s1. The number of hydrogen-bond acceptors (Lipinski definition) is 16. The molecular formula is C48H76BCl4N5O15. The summed E-state index contributed by atoms with van der Waals surface area (Å²) < 4.78 is 26.4. The lowest BCUT2D eigenvalue weighted by Gasteiger charge is -2.24. The van der Waals surface area contributed by atoms with Gasteiger partial charge in [0.2, 0.25) is 0 Å². The second kappa shape index (κ2) is 32.1. The van der Waals surface area contributed by atoms with Gasteiger partial charge in [0.15, 0.2) is 0 Å². The minimum atomic E-state index is -2.03. The van der Waals surface area contributed by atoms with Crippen LogP contribution in [-0.2, 0) is 39.6 Å². The number of aliphatic hydroxyl groups is 1. The van der Waals surface area contributed by atoms with Crippen molar-refractivity contribution < 1.29 is 72.3 Å². The predicted molar refractivity (Wildman–Crippen MR) is 278 cm³/mol. The number of aliphatic hydroxyl groups excluding tert-OH is 1. The van der Waals surface area contributed by atoms with E-state index in [0.717, 1.165) is 31.1 Å². The van der Waals surface area contributed by atoms with Crippen molar-refractivity contribution in [3.8, 4) is 6.07 Å². The Morgan fingerprint density at radius 1 is 0.781 bits per heavy atom. The molecule has 3 aliphatic heterocycles. The van der Waals surface area contributed by atoms with Crippen molar-refractivity contribution in [3.63, 3.8) is 0 Å². The number of aryl methyl sites for hydroxylation is 1. The van der Waals surface area contributed by atoms with Crippen LogP contribution in [0.2, 0.25) is 0 Å². The number of alkyl halides is 3. The summed E-state index contributed by atoms with van der Waals surface area (Å²) in [6, 6.07) is 9.54. The molecule has 20 nitrogen and oxygen atoms in total. The quantitative estimate of drug-likeness (QED) is 0.0325. The molecule has 25 heteroatoms. The number of nitrogens with one attached hydrogen (secondary N) is 1. The molecule has 3 fully saturated rings. The van der Waals surface area contributed by atoms with E-state index in [1.165, 1.54) is 0 Å². The van der Waals surface area contributed by atoms with Crippen molar-refractivity contribution in [1.82, 2.24) is 20.0 Å². The maximum absolute atomic E-state index is 12.6. The SMILES string of the molecule is C.CC(C)(C)OC(=O)N1CC[C@H](CO)C1.CC(C)(C)OC(=O)N1CC[C@H](COC(=O)Cl)C1.COC(=O)OC(Cl)(Cl)Cl.Cc1ccc(C[C@H](NC(=O)OC[C@H]2CCN(C(=O)C(C#N)=CC(C)(C)C)C2)B(O)O)cc1. The molecule has 4 rings (SSSR count). The van der Waals surface area contributed by atoms with Crippen LogP contribution < -0.4 is 5.32 Å². The Hall–Kier alpha value is -4.43. The Balaban J connectivity index is 0.00000106. The van der Waals surface area contributed by atoms with Crippen molar-refractivity contribution in [1.29, 1.82) is 5.26 Å². The Morgan fingerprint density at radius 3 is 1.62 bits per heavy atom. The summed E-state index contributed by atoms with van der Waals surface area (Å²) >= 11 is 20.1. The molecule has 0 saturated carbocycles. The average molecular weight is 1120 g/mol. The Kier molecular flexibility index (Phi) is 30.2.